The van der Waals surface area contributed by atoms with Gasteiger partial charge < -0.3 is 0 Å². The number of nitrogens with one attached hydrogen (secondary N) is 1. The minimum absolute atomic E-state index is 0.142. The lowest BCUT2D eigenvalue weighted by molar-refractivity contribution is 0.542. The van der Waals surface area contributed by atoms with Crippen LogP contribution in [0.3, 0.4) is 0 Å². The van der Waals surface area contributed by atoms with E-state index in [1.807, 2.05) is 0 Å². The summed E-state index contributed by atoms with van der Waals surface area (Å²) in [7, 11) is 0. The molecule has 0 aliphatic rings. The molecule has 1 aromatic rings. The van der Waals surface area contributed by atoms with Gasteiger partial charge in [0.25, 0.3) is 0 Å². The van der Waals surface area contributed by atoms with Gasteiger partial charge in [0, 0.05) is 11.6 Å². The van der Waals surface area contributed by atoms with Crippen LogP contribution in [0.15, 0.2) is 24.3 Å². The second-order valence-electron chi connectivity index (χ2n) is 2.41. The van der Waals surface area contributed by atoms with Gasteiger partial charge in [0.1, 0.15) is 5.82 Å². The first kappa shape index (κ1) is 8.17. The Kier molecular flexibility index (Phi) is 2.57. The molecule has 0 saturated heterocycles. The van der Waals surface area contributed by atoms with Gasteiger partial charge in [-0.15, -0.1) is 0 Å². The number of benzene rings is 1. The summed E-state index contributed by atoms with van der Waals surface area (Å²) in [6.07, 6.45) is 0. The molecule has 0 spiro atoms. The standard InChI is InChI=1S/C8H11FN2/c1-6(11-10)7-4-2-3-5-8(7)9/h2-6,11H,10H2,1H3. The Morgan fingerprint density at radius 1 is 1.45 bits per heavy atom. The minimum Gasteiger partial charge on any atom is -0.271 e. The van der Waals surface area contributed by atoms with Crippen molar-refractivity contribution in [1.82, 2.24) is 5.43 Å². The zero-order valence-corrected chi connectivity index (χ0v) is 6.34. The van der Waals surface area contributed by atoms with Gasteiger partial charge in [0.05, 0.1) is 0 Å². The minimum atomic E-state index is -0.224. The van der Waals surface area contributed by atoms with Gasteiger partial charge in [-0.05, 0) is 13.0 Å². The van der Waals surface area contributed by atoms with Crippen LogP contribution in [-0.2, 0) is 0 Å². The molecule has 0 radical (unpaired) electrons. The van der Waals surface area contributed by atoms with Crippen LogP contribution in [0.1, 0.15) is 18.5 Å². The second-order valence-corrected chi connectivity index (χ2v) is 2.41. The van der Waals surface area contributed by atoms with Crippen LogP contribution in [0.5, 0.6) is 0 Å². The van der Waals surface area contributed by atoms with Crippen LogP contribution in [0.4, 0.5) is 4.39 Å². The second kappa shape index (κ2) is 3.46. The van der Waals surface area contributed by atoms with E-state index in [2.05, 4.69) is 5.43 Å². The van der Waals surface area contributed by atoms with Crippen LogP contribution >= 0.6 is 0 Å². The third-order valence-electron chi connectivity index (χ3n) is 1.62. The molecule has 0 heterocycles. The van der Waals surface area contributed by atoms with Crippen molar-refractivity contribution in [2.24, 2.45) is 5.84 Å². The summed E-state index contributed by atoms with van der Waals surface area (Å²) in [5.41, 5.74) is 3.07. The predicted octanol–water partition coefficient (Wildman–Crippen LogP) is 1.35. The summed E-state index contributed by atoms with van der Waals surface area (Å²) in [4.78, 5) is 0. The van der Waals surface area contributed by atoms with Crippen LogP contribution in [0.25, 0.3) is 0 Å². The number of hydrogen-bond acceptors (Lipinski definition) is 2. The normalized spacial score (nSPS) is 13.0. The summed E-state index contributed by atoms with van der Waals surface area (Å²) in [6, 6.07) is 6.42. The molecule has 11 heavy (non-hydrogen) atoms. The molecule has 3 heteroatoms. The van der Waals surface area contributed by atoms with Crippen molar-refractivity contribution < 1.29 is 4.39 Å². The number of hydrazine groups is 1. The topological polar surface area (TPSA) is 38.0 Å². The van der Waals surface area contributed by atoms with E-state index in [9.17, 15) is 4.39 Å². The quantitative estimate of drug-likeness (QED) is 0.498. The lowest BCUT2D eigenvalue weighted by atomic mass is 10.1. The molecule has 3 N–H and O–H groups in total. The highest BCUT2D eigenvalue weighted by atomic mass is 19.1. The zero-order valence-electron chi connectivity index (χ0n) is 6.34. The predicted molar refractivity (Wildman–Crippen MR) is 42.1 cm³/mol. The van der Waals surface area contributed by atoms with Crippen molar-refractivity contribution in [3.8, 4) is 0 Å². The van der Waals surface area contributed by atoms with Gasteiger partial charge >= 0.3 is 0 Å². The monoisotopic (exact) mass is 154 g/mol. The van der Waals surface area contributed by atoms with Crippen molar-refractivity contribution in [1.29, 1.82) is 0 Å². The molecule has 0 aliphatic heterocycles. The van der Waals surface area contributed by atoms with E-state index in [0.29, 0.717) is 5.56 Å². The molecule has 1 aromatic carbocycles. The third-order valence-corrected chi connectivity index (χ3v) is 1.62. The van der Waals surface area contributed by atoms with E-state index in [1.165, 1.54) is 6.07 Å². The summed E-state index contributed by atoms with van der Waals surface area (Å²) >= 11 is 0. The first-order valence-corrected chi connectivity index (χ1v) is 3.46. The highest BCUT2D eigenvalue weighted by Gasteiger charge is 2.06. The van der Waals surface area contributed by atoms with Gasteiger partial charge in [0.2, 0.25) is 0 Å². The molecule has 0 saturated carbocycles. The smallest absolute Gasteiger partial charge is 0.128 e. The Balaban J connectivity index is 2.93. The van der Waals surface area contributed by atoms with Gasteiger partial charge in [-0.3, -0.25) is 11.3 Å². The molecule has 2 nitrogen and oxygen atoms in total. The fourth-order valence-electron chi connectivity index (χ4n) is 0.916. The summed E-state index contributed by atoms with van der Waals surface area (Å²) in [5, 5.41) is 0. The highest BCUT2D eigenvalue weighted by Crippen LogP contribution is 2.14. The van der Waals surface area contributed by atoms with Crippen molar-refractivity contribution in [3.05, 3.63) is 35.6 Å². The molecule has 0 fully saturated rings. The Hall–Kier alpha value is -0.930. The molecule has 1 rings (SSSR count). The van der Waals surface area contributed by atoms with Crippen LogP contribution in [-0.4, -0.2) is 0 Å². The first-order chi connectivity index (χ1) is 5.25. The van der Waals surface area contributed by atoms with Crippen LogP contribution in [0, 0.1) is 5.82 Å². The Labute approximate surface area is 65.2 Å². The summed E-state index contributed by atoms with van der Waals surface area (Å²) < 4.78 is 12.9. The summed E-state index contributed by atoms with van der Waals surface area (Å²) in [6.45, 7) is 1.80. The maximum atomic E-state index is 12.9. The van der Waals surface area contributed by atoms with Crippen LogP contribution in [0.2, 0.25) is 0 Å². The van der Waals surface area contributed by atoms with Gasteiger partial charge in [0.15, 0.2) is 0 Å². The van der Waals surface area contributed by atoms with E-state index < -0.39 is 0 Å². The van der Waals surface area contributed by atoms with Gasteiger partial charge in [-0.1, -0.05) is 18.2 Å². The van der Waals surface area contributed by atoms with Gasteiger partial charge in [-0.25, -0.2) is 4.39 Å². The molecular weight excluding hydrogens is 143 g/mol. The Morgan fingerprint density at radius 3 is 2.64 bits per heavy atom. The third kappa shape index (κ3) is 1.76. The fraction of sp³-hybridized carbons (Fsp3) is 0.250. The maximum Gasteiger partial charge on any atom is 0.128 e. The maximum absolute atomic E-state index is 12.9. The molecule has 1 unspecified atom stereocenters. The fourth-order valence-corrected chi connectivity index (χ4v) is 0.916. The lowest BCUT2D eigenvalue weighted by Crippen LogP contribution is -2.26. The Morgan fingerprint density at radius 2 is 2.09 bits per heavy atom. The van der Waals surface area contributed by atoms with E-state index in [1.54, 1.807) is 25.1 Å². The summed E-state index contributed by atoms with van der Waals surface area (Å²) in [5.74, 6) is 4.93. The molecule has 1 atom stereocenters. The SMILES string of the molecule is CC(NN)c1ccccc1F. The number of halogens is 1. The number of hydrogen-bond donors (Lipinski definition) is 2. The highest BCUT2D eigenvalue weighted by molar-refractivity contribution is 5.20. The number of rotatable bonds is 2. The van der Waals surface area contributed by atoms with Crippen LogP contribution < -0.4 is 11.3 Å². The lowest BCUT2D eigenvalue weighted by Gasteiger charge is -2.10. The molecule has 0 bridgehead atoms. The van der Waals surface area contributed by atoms with Gasteiger partial charge in [-0.2, -0.15) is 0 Å². The van der Waals surface area contributed by atoms with Crippen molar-refractivity contribution in [2.75, 3.05) is 0 Å². The largest absolute Gasteiger partial charge is 0.271 e. The van der Waals surface area contributed by atoms with E-state index in [-0.39, 0.29) is 11.9 Å². The average molecular weight is 154 g/mol. The van der Waals surface area contributed by atoms with E-state index >= 15 is 0 Å². The molecule has 60 valence electrons. The first-order valence-electron chi connectivity index (χ1n) is 3.46. The Bertz CT molecular complexity index is 237. The molecule has 0 aromatic heterocycles. The van der Waals surface area contributed by atoms with E-state index in [4.69, 9.17) is 5.84 Å². The van der Waals surface area contributed by atoms with Crippen molar-refractivity contribution in [2.45, 2.75) is 13.0 Å². The number of nitrogens with two attached hydrogens (primary N) is 1. The van der Waals surface area contributed by atoms with Crippen molar-refractivity contribution >= 4 is 0 Å². The zero-order chi connectivity index (χ0) is 8.27. The molecule has 0 aliphatic carbocycles. The van der Waals surface area contributed by atoms with Crippen molar-refractivity contribution in [3.63, 3.8) is 0 Å². The molecule has 0 amide bonds. The molecular formula is C8H11FN2. The average Bonchev–Trinajstić information content (AvgIpc) is 2.04. The van der Waals surface area contributed by atoms with E-state index in [0.717, 1.165) is 0 Å².